The number of rotatable bonds is 8. The fourth-order valence-electron chi connectivity index (χ4n) is 2.18. The maximum atomic E-state index is 5.67. The van der Waals surface area contributed by atoms with Crippen LogP contribution in [0.1, 0.15) is 39.4 Å². The second-order valence-corrected chi connectivity index (χ2v) is 4.82. The fourth-order valence-corrected chi connectivity index (χ4v) is 2.18. The Hall–Kier alpha value is -0.940. The second kappa shape index (κ2) is 6.85. The molecule has 0 saturated heterocycles. The predicted molar refractivity (Wildman–Crippen MR) is 72.6 cm³/mol. The Morgan fingerprint density at radius 1 is 1.50 bits per heavy atom. The van der Waals surface area contributed by atoms with Gasteiger partial charge in [0.05, 0.1) is 5.60 Å². The summed E-state index contributed by atoms with van der Waals surface area (Å²) < 4.78 is 7.65. The quantitative estimate of drug-likeness (QED) is 0.766. The van der Waals surface area contributed by atoms with E-state index in [0.717, 1.165) is 31.6 Å². The van der Waals surface area contributed by atoms with Crippen molar-refractivity contribution in [3.05, 3.63) is 12.2 Å². The Kier molecular flexibility index (Phi) is 5.75. The summed E-state index contributed by atoms with van der Waals surface area (Å²) in [6.07, 6.45) is 4.48. The highest BCUT2D eigenvalue weighted by atomic mass is 16.5. The number of hydrogen-bond acceptors (Lipinski definition) is 4. The van der Waals surface area contributed by atoms with E-state index in [-0.39, 0.29) is 11.6 Å². The highest BCUT2D eigenvalue weighted by Crippen LogP contribution is 2.21. The third-order valence-electron chi connectivity index (χ3n) is 3.77. The van der Waals surface area contributed by atoms with E-state index in [1.54, 1.807) is 13.4 Å². The van der Waals surface area contributed by atoms with Gasteiger partial charge >= 0.3 is 0 Å². The van der Waals surface area contributed by atoms with Gasteiger partial charge in [-0.1, -0.05) is 13.8 Å². The van der Waals surface area contributed by atoms with Gasteiger partial charge in [-0.25, -0.2) is 4.98 Å². The molecule has 18 heavy (non-hydrogen) atoms. The van der Waals surface area contributed by atoms with Gasteiger partial charge in [0, 0.05) is 26.1 Å². The summed E-state index contributed by atoms with van der Waals surface area (Å²) >= 11 is 0. The van der Waals surface area contributed by atoms with Crippen LogP contribution in [-0.4, -0.2) is 40.6 Å². The van der Waals surface area contributed by atoms with Crippen molar-refractivity contribution in [1.82, 2.24) is 20.1 Å². The maximum absolute atomic E-state index is 5.67. The number of methoxy groups -OCH3 is 1. The van der Waals surface area contributed by atoms with E-state index in [1.165, 1.54) is 0 Å². The lowest BCUT2D eigenvalue weighted by molar-refractivity contribution is -0.0275. The average Bonchev–Trinajstić information content (AvgIpc) is 2.83. The van der Waals surface area contributed by atoms with Gasteiger partial charge < -0.3 is 10.1 Å². The summed E-state index contributed by atoms with van der Waals surface area (Å²) in [6.45, 7) is 7.34. The standard InChI is InChI=1S/C13H26N4O/c1-6-8-17-12(15-10-16-17)9-11(14-4)13(3,7-2)18-5/h10-11,14H,6-9H2,1-5H3. The van der Waals surface area contributed by atoms with Crippen LogP contribution in [-0.2, 0) is 17.7 Å². The van der Waals surface area contributed by atoms with Crippen LogP contribution >= 0.6 is 0 Å². The van der Waals surface area contributed by atoms with E-state index in [1.807, 2.05) is 11.7 Å². The van der Waals surface area contributed by atoms with Crippen LogP contribution in [0.4, 0.5) is 0 Å². The van der Waals surface area contributed by atoms with Gasteiger partial charge in [-0.3, -0.25) is 4.68 Å². The van der Waals surface area contributed by atoms with Gasteiger partial charge in [-0.2, -0.15) is 5.10 Å². The van der Waals surface area contributed by atoms with Crippen LogP contribution in [0.5, 0.6) is 0 Å². The Balaban J connectivity index is 2.82. The first-order chi connectivity index (χ1) is 8.61. The SMILES string of the molecule is CCCn1ncnc1CC(NC)C(C)(CC)OC. The first kappa shape index (κ1) is 15.1. The van der Waals surface area contributed by atoms with Gasteiger partial charge in [0.15, 0.2) is 0 Å². The van der Waals surface area contributed by atoms with Crippen molar-refractivity contribution in [3.63, 3.8) is 0 Å². The molecule has 1 aromatic heterocycles. The third kappa shape index (κ3) is 3.29. The number of hydrogen-bond donors (Lipinski definition) is 1. The number of likely N-dealkylation sites (N-methyl/N-ethyl adjacent to an activating group) is 1. The van der Waals surface area contributed by atoms with Gasteiger partial charge in [-0.05, 0) is 26.8 Å². The summed E-state index contributed by atoms with van der Waals surface area (Å²) in [7, 11) is 3.74. The molecule has 0 bridgehead atoms. The Bertz CT molecular complexity index is 347. The molecule has 5 heteroatoms. The molecule has 1 rings (SSSR count). The number of nitrogens with one attached hydrogen (secondary N) is 1. The minimum absolute atomic E-state index is 0.183. The molecule has 0 spiro atoms. The molecule has 0 aliphatic carbocycles. The minimum atomic E-state index is -0.183. The summed E-state index contributed by atoms with van der Waals surface area (Å²) in [5.74, 6) is 1.02. The zero-order valence-electron chi connectivity index (χ0n) is 12.2. The largest absolute Gasteiger partial charge is 0.377 e. The summed E-state index contributed by atoms with van der Waals surface area (Å²) in [5.41, 5.74) is -0.183. The maximum Gasteiger partial charge on any atom is 0.138 e. The van der Waals surface area contributed by atoms with Gasteiger partial charge in [0.2, 0.25) is 0 Å². The Morgan fingerprint density at radius 2 is 2.22 bits per heavy atom. The normalized spacial score (nSPS) is 16.5. The van der Waals surface area contributed by atoms with E-state index >= 15 is 0 Å². The minimum Gasteiger partial charge on any atom is -0.377 e. The second-order valence-electron chi connectivity index (χ2n) is 4.82. The molecule has 0 aliphatic heterocycles. The summed E-state index contributed by atoms with van der Waals surface area (Å²) in [6, 6.07) is 0.229. The molecule has 1 heterocycles. The Labute approximate surface area is 110 Å². The lowest BCUT2D eigenvalue weighted by atomic mass is 9.90. The van der Waals surface area contributed by atoms with Crippen molar-refractivity contribution in [3.8, 4) is 0 Å². The molecule has 0 amide bonds. The zero-order chi connectivity index (χ0) is 13.6. The molecule has 1 N–H and O–H groups in total. The van der Waals surface area contributed by atoms with Crippen LogP contribution in [0.2, 0.25) is 0 Å². The van der Waals surface area contributed by atoms with Crippen molar-refractivity contribution >= 4 is 0 Å². The summed E-state index contributed by atoms with van der Waals surface area (Å²) in [5, 5.41) is 7.61. The number of ether oxygens (including phenoxy) is 1. The molecule has 1 aromatic rings. The summed E-state index contributed by atoms with van der Waals surface area (Å²) in [4.78, 5) is 4.36. The molecule has 0 saturated carbocycles. The molecular formula is C13H26N4O. The van der Waals surface area contributed by atoms with Crippen molar-refractivity contribution in [2.45, 2.75) is 58.2 Å². The molecular weight excluding hydrogens is 228 g/mol. The van der Waals surface area contributed by atoms with Gasteiger partial charge in [0.25, 0.3) is 0 Å². The third-order valence-corrected chi connectivity index (χ3v) is 3.77. The molecule has 5 nitrogen and oxygen atoms in total. The van der Waals surface area contributed by atoms with Crippen LogP contribution in [0.25, 0.3) is 0 Å². The lowest BCUT2D eigenvalue weighted by Gasteiger charge is -2.35. The first-order valence-corrected chi connectivity index (χ1v) is 6.70. The van der Waals surface area contributed by atoms with Crippen LogP contribution in [0.15, 0.2) is 6.33 Å². The van der Waals surface area contributed by atoms with E-state index in [0.29, 0.717) is 0 Å². The molecule has 2 atom stereocenters. The smallest absolute Gasteiger partial charge is 0.138 e. The zero-order valence-corrected chi connectivity index (χ0v) is 12.2. The predicted octanol–water partition coefficient (Wildman–Crippen LogP) is 1.63. The average molecular weight is 254 g/mol. The lowest BCUT2D eigenvalue weighted by Crippen LogP contribution is -2.50. The van der Waals surface area contributed by atoms with Gasteiger partial charge in [-0.15, -0.1) is 0 Å². The van der Waals surface area contributed by atoms with E-state index in [4.69, 9.17) is 4.74 Å². The van der Waals surface area contributed by atoms with Crippen LogP contribution < -0.4 is 5.32 Å². The number of aryl methyl sites for hydroxylation is 1. The molecule has 0 aromatic carbocycles. The monoisotopic (exact) mass is 254 g/mol. The van der Waals surface area contributed by atoms with Crippen molar-refractivity contribution in [2.24, 2.45) is 0 Å². The molecule has 0 aliphatic rings. The van der Waals surface area contributed by atoms with E-state index < -0.39 is 0 Å². The van der Waals surface area contributed by atoms with Gasteiger partial charge in [0.1, 0.15) is 12.2 Å². The molecule has 104 valence electrons. The van der Waals surface area contributed by atoms with E-state index in [9.17, 15) is 0 Å². The van der Waals surface area contributed by atoms with Crippen molar-refractivity contribution in [2.75, 3.05) is 14.2 Å². The Morgan fingerprint density at radius 3 is 2.72 bits per heavy atom. The fraction of sp³-hybridized carbons (Fsp3) is 0.846. The topological polar surface area (TPSA) is 52.0 Å². The first-order valence-electron chi connectivity index (χ1n) is 6.70. The number of aromatic nitrogens is 3. The highest BCUT2D eigenvalue weighted by molar-refractivity contribution is 4.97. The van der Waals surface area contributed by atoms with Crippen molar-refractivity contribution in [1.29, 1.82) is 0 Å². The molecule has 2 unspecified atom stereocenters. The molecule has 0 radical (unpaired) electrons. The molecule has 0 fully saturated rings. The number of nitrogens with zero attached hydrogens (tertiary/aromatic N) is 3. The van der Waals surface area contributed by atoms with Crippen LogP contribution in [0, 0.1) is 0 Å². The van der Waals surface area contributed by atoms with Crippen LogP contribution in [0.3, 0.4) is 0 Å². The van der Waals surface area contributed by atoms with E-state index in [2.05, 4.69) is 36.2 Å². The van der Waals surface area contributed by atoms with Crippen molar-refractivity contribution < 1.29 is 4.74 Å². The highest BCUT2D eigenvalue weighted by Gasteiger charge is 2.32.